The second-order valence-corrected chi connectivity index (χ2v) is 15.2. The first kappa shape index (κ1) is 44.1. The average Bonchev–Trinajstić information content (AvgIpc) is 3.21. The molecule has 3 aromatic rings. The molecule has 3 aromatic carbocycles. The van der Waals surface area contributed by atoms with Crippen LogP contribution in [0.15, 0.2) is 91.0 Å². The van der Waals surface area contributed by atoms with Crippen LogP contribution in [-0.4, -0.2) is 75.8 Å². The Morgan fingerprint density at radius 3 is 1.61 bits per heavy atom. The maximum Gasteiger partial charge on any atom is 0.115 e. The second-order valence-electron chi connectivity index (χ2n) is 15.2. The predicted molar refractivity (Wildman–Crippen MR) is 216 cm³/mol. The Balaban J connectivity index is 1.37. The second kappa shape index (κ2) is 26.2. The fourth-order valence-electron chi connectivity index (χ4n) is 7.53. The maximum atomic E-state index is 11.6. The van der Waals surface area contributed by atoms with Gasteiger partial charge in [0, 0.05) is 12.6 Å². The standard InChI is InChI=1S/C46H69NO7/c1-2-3-4-5-6-7-8-9-10-11-12-22-29-40(49)43(50)39(47-32-36-23-16-13-17-24-36)30-31-41-45(52-34-37-25-18-14-19-26-37)46(44(51)42(33-48)54-41)53-35-38-27-20-15-21-28-38/h13-21,23-28,39-51H,2-12,22,29-35H2,1H3/t39-,40-,41-,42?,43-,44-,45?,46-/m0/s1. The van der Waals surface area contributed by atoms with Crippen LogP contribution in [0.5, 0.6) is 0 Å². The van der Waals surface area contributed by atoms with Crippen molar-refractivity contribution in [3.05, 3.63) is 108 Å². The Bertz CT molecular complexity index is 1330. The number of hydrogen-bond acceptors (Lipinski definition) is 8. The molecular formula is C46H69NO7. The normalized spacial score (nSPS) is 21.8. The topological polar surface area (TPSA) is 121 Å². The Morgan fingerprint density at radius 1 is 0.611 bits per heavy atom. The van der Waals surface area contributed by atoms with Gasteiger partial charge in [0.2, 0.25) is 0 Å². The highest BCUT2D eigenvalue weighted by Gasteiger charge is 2.46. The molecule has 0 radical (unpaired) electrons. The summed E-state index contributed by atoms with van der Waals surface area (Å²) in [5, 5.41) is 48.0. The monoisotopic (exact) mass is 748 g/mol. The van der Waals surface area contributed by atoms with Gasteiger partial charge in [0.05, 0.1) is 38.1 Å². The minimum Gasteiger partial charge on any atom is -0.394 e. The van der Waals surface area contributed by atoms with Gasteiger partial charge in [-0.3, -0.25) is 0 Å². The Labute approximate surface area is 325 Å². The van der Waals surface area contributed by atoms with E-state index in [4.69, 9.17) is 14.2 Å². The van der Waals surface area contributed by atoms with Crippen LogP contribution < -0.4 is 5.32 Å². The van der Waals surface area contributed by atoms with Gasteiger partial charge in [-0.15, -0.1) is 0 Å². The molecule has 2 unspecified atom stereocenters. The van der Waals surface area contributed by atoms with E-state index in [1.807, 2.05) is 91.0 Å². The third-order valence-corrected chi connectivity index (χ3v) is 10.8. The predicted octanol–water partition coefficient (Wildman–Crippen LogP) is 8.03. The van der Waals surface area contributed by atoms with Crippen molar-refractivity contribution in [1.82, 2.24) is 5.32 Å². The van der Waals surface area contributed by atoms with E-state index in [1.165, 1.54) is 57.8 Å². The van der Waals surface area contributed by atoms with Gasteiger partial charge in [-0.25, -0.2) is 0 Å². The maximum absolute atomic E-state index is 11.6. The summed E-state index contributed by atoms with van der Waals surface area (Å²) in [6, 6.07) is 29.2. The van der Waals surface area contributed by atoms with Crippen LogP contribution in [0.2, 0.25) is 0 Å². The molecule has 0 aliphatic carbocycles. The molecule has 4 rings (SSSR count). The fraction of sp³-hybridized carbons (Fsp3) is 0.609. The molecular weight excluding hydrogens is 679 g/mol. The summed E-state index contributed by atoms with van der Waals surface area (Å²) >= 11 is 0. The summed E-state index contributed by atoms with van der Waals surface area (Å²) < 4.78 is 19.3. The van der Waals surface area contributed by atoms with Crippen molar-refractivity contribution in [3.63, 3.8) is 0 Å². The van der Waals surface area contributed by atoms with E-state index in [9.17, 15) is 20.4 Å². The highest BCUT2D eigenvalue weighted by atomic mass is 16.6. The highest BCUT2D eigenvalue weighted by Crippen LogP contribution is 2.31. The molecule has 0 amide bonds. The van der Waals surface area contributed by atoms with Crippen molar-refractivity contribution >= 4 is 0 Å². The zero-order valence-electron chi connectivity index (χ0n) is 32.7. The van der Waals surface area contributed by atoms with Gasteiger partial charge in [-0.05, 0) is 36.0 Å². The zero-order chi connectivity index (χ0) is 38.2. The van der Waals surface area contributed by atoms with Gasteiger partial charge in [0.15, 0.2) is 0 Å². The molecule has 0 saturated carbocycles. The van der Waals surface area contributed by atoms with Crippen molar-refractivity contribution in [1.29, 1.82) is 0 Å². The van der Waals surface area contributed by atoms with Gasteiger partial charge in [0.25, 0.3) is 0 Å². The molecule has 1 heterocycles. The van der Waals surface area contributed by atoms with Crippen LogP contribution in [0.4, 0.5) is 0 Å². The van der Waals surface area contributed by atoms with E-state index in [1.54, 1.807) is 0 Å². The number of benzene rings is 3. The molecule has 1 fully saturated rings. The van der Waals surface area contributed by atoms with Gasteiger partial charge in [0.1, 0.15) is 24.4 Å². The van der Waals surface area contributed by atoms with Crippen LogP contribution in [-0.2, 0) is 34.0 Å². The fourth-order valence-corrected chi connectivity index (χ4v) is 7.53. The molecule has 8 heteroatoms. The molecule has 1 saturated heterocycles. The number of aliphatic hydroxyl groups excluding tert-OH is 4. The van der Waals surface area contributed by atoms with E-state index in [0.29, 0.717) is 32.4 Å². The molecule has 300 valence electrons. The minimum absolute atomic E-state index is 0.268. The molecule has 1 aliphatic rings. The average molecular weight is 748 g/mol. The lowest BCUT2D eigenvalue weighted by molar-refractivity contribution is -0.259. The van der Waals surface area contributed by atoms with Crippen LogP contribution in [0.3, 0.4) is 0 Å². The van der Waals surface area contributed by atoms with E-state index in [2.05, 4.69) is 12.2 Å². The van der Waals surface area contributed by atoms with Gasteiger partial charge < -0.3 is 40.0 Å². The molecule has 8 atom stereocenters. The summed E-state index contributed by atoms with van der Waals surface area (Å²) in [6.07, 6.45) is 10.6. The van der Waals surface area contributed by atoms with Gasteiger partial charge in [-0.1, -0.05) is 175 Å². The summed E-state index contributed by atoms with van der Waals surface area (Å²) in [6.45, 7) is 2.99. The van der Waals surface area contributed by atoms with Crippen molar-refractivity contribution < 1.29 is 34.6 Å². The number of unbranched alkanes of at least 4 members (excludes halogenated alkanes) is 11. The minimum atomic E-state index is -1.11. The first-order valence-electron chi connectivity index (χ1n) is 20.9. The van der Waals surface area contributed by atoms with E-state index >= 15 is 0 Å². The number of nitrogens with one attached hydrogen (secondary N) is 1. The van der Waals surface area contributed by atoms with Gasteiger partial charge >= 0.3 is 0 Å². The quantitative estimate of drug-likeness (QED) is 0.0474. The summed E-state index contributed by atoms with van der Waals surface area (Å²) in [7, 11) is 0. The molecule has 0 spiro atoms. The molecule has 0 bridgehead atoms. The SMILES string of the molecule is CCCCCCCCCCCCCC[C@H](O)[C@@H](O)[C@H](CC[C@@H]1OC(CO)[C@H](O)[C@H](OCc2ccccc2)C1OCc1ccccc1)NCc1ccccc1. The van der Waals surface area contributed by atoms with Crippen molar-refractivity contribution in [2.24, 2.45) is 0 Å². The summed E-state index contributed by atoms with van der Waals surface area (Å²) in [5.74, 6) is 0. The van der Waals surface area contributed by atoms with Crippen molar-refractivity contribution in [2.75, 3.05) is 6.61 Å². The van der Waals surface area contributed by atoms with Crippen LogP contribution >= 0.6 is 0 Å². The smallest absolute Gasteiger partial charge is 0.115 e. The van der Waals surface area contributed by atoms with Gasteiger partial charge in [-0.2, -0.15) is 0 Å². The zero-order valence-corrected chi connectivity index (χ0v) is 32.7. The van der Waals surface area contributed by atoms with Crippen LogP contribution in [0.25, 0.3) is 0 Å². The third kappa shape index (κ3) is 15.8. The number of ether oxygens (including phenoxy) is 3. The van der Waals surface area contributed by atoms with Crippen LogP contribution in [0.1, 0.15) is 120 Å². The van der Waals surface area contributed by atoms with E-state index in [0.717, 1.165) is 36.0 Å². The Kier molecular flexibility index (Phi) is 21.4. The largest absolute Gasteiger partial charge is 0.394 e. The lowest BCUT2D eigenvalue weighted by Gasteiger charge is -2.44. The highest BCUT2D eigenvalue weighted by molar-refractivity contribution is 5.16. The first-order valence-corrected chi connectivity index (χ1v) is 20.9. The van der Waals surface area contributed by atoms with Crippen molar-refractivity contribution in [3.8, 4) is 0 Å². The van der Waals surface area contributed by atoms with E-state index < -0.39 is 48.8 Å². The lowest BCUT2D eigenvalue weighted by Crippen LogP contribution is -2.60. The lowest BCUT2D eigenvalue weighted by atomic mass is 9.89. The van der Waals surface area contributed by atoms with Crippen molar-refractivity contribution in [2.45, 2.75) is 172 Å². The third-order valence-electron chi connectivity index (χ3n) is 10.8. The Hall–Kier alpha value is -2.66. The van der Waals surface area contributed by atoms with E-state index in [-0.39, 0.29) is 13.2 Å². The number of hydrogen-bond donors (Lipinski definition) is 5. The number of rotatable bonds is 28. The summed E-state index contributed by atoms with van der Waals surface area (Å²) in [4.78, 5) is 0. The summed E-state index contributed by atoms with van der Waals surface area (Å²) in [5.41, 5.74) is 3.03. The molecule has 0 aromatic heterocycles. The molecule has 5 N–H and O–H groups in total. The molecule has 1 aliphatic heterocycles. The Morgan fingerprint density at radius 2 is 1.09 bits per heavy atom. The first-order chi connectivity index (χ1) is 26.5. The molecule has 54 heavy (non-hydrogen) atoms. The number of aliphatic hydroxyl groups is 4. The molecule has 8 nitrogen and oxygen atoms in total. The van der Waals surface area contributed by atoms with Crippen LogP contribution in [0, 0.1) is 0 Å².